The zero-order valence-electron chi connectivity index (χ0n) is 27.7. The molecule has 4 fully saturated rings. The number of oxime groups is 1. The lowest BCUT2D eigenvalue weighted by molar-refractivity contribution is -0.182. The average Bonchev–Trinajstić information content (AvgIpc) is 3.03. The van der Waals surface area contributed by atoms with Crippen molar-refractivity contribution in [2.75, 3.05) is 7.11 Å². The monoisotopic (exact) mass is 595 g/mol. The van der Waals surface area contributed by atoms with Crippen LogP contribution in [0.4, 0.5) is 0 Å². The molecule has 0 aromatic heterocycles. The van der Waals surface area contributed by atoms with E-state index in [9.17, 15) is 0 Å². The van der Waals surface area contributed by atoms with Gasteiger partial charge in [0.05, 0.1) is 5.71 Å². The highest BCUT2D eigenvalue weighted by atomic mass is 28.4. The minimum Gasteiger partial charge on any atom is -0.415 e. The van der Waals surface area contributed by atoms with Crippen molar-refractivity contribution < 1.29 is 18.1 Å². The van der Waals surface area contributed by atoms with Gasteiger partial charge in [-0.3, -0.25) is 0 Å². The zero-order valence-corrected chi connectivity index (χ0v) is 30.7. The van der Waals surface area contributed by atoms with Gasteiger partial charge in [0.15, 0.2) is 25.0 Å². The van der Waals surface area contributed by atoms with Crippen molar-refractivity contribution in [3.05, 3.63) is 0 Å². The smallest absolute Gasteiger partial charge is 0.185 e. The van der Waals surface area contributed by atoms with Crippen LogP contribution in [0.1, 0.15) is 72.1 Å². The lowest BCUT2D eigenvalue weighted by Gasteiger charge is -2.65. The van der Waals surface area contributed by atoms with E-state index in [1.165, 1.54) is 38.5 Å². The Hall–Kier alpha value is 0.000649. The highest BCUT2D eigenvalue weighted by Gasteiger charge is 2.69. The van der Waals surface area contributed by atoms with Crippen molar-refractivity contribution in [3.63, 3.8) is 0 Å². The minimum atomic E-state index is -1.87. The summed E-state index contributed by atoms with van der Waals surface area (Å²) in [5.74, 6) is 2.68. The van der Waals surface area contributed by atoms with Crippen LogP contribution in [0, 0.1) is 34.5 Å². The Morgan fingerprint density at radius 2 is 1.44 bits per heavy atom. The molecule has 9 unspecified atom stereocenters. The summed E-state index contributed by atoms with van der Waals surface area (Å²) in [5.41, 5.74) is 0.984. The molecule has 0 aromatic carbocycles. The molecule has 9 atom stereocenters. The van der Waals surface area contributed by atoms with Crippen molar-refractivity contribution in [1.82, 2.24) is 0 Å². The van der Waals surface area contributed by atoms with E-state index >= 15 is 0 Å². The normalized spacial score (nSPS) is 43.5. The molecule has 0 aromatic rings. The summed E-state index contributed by atoms with van der Waals surface area (Å²) in [5, 5.41) is 4.59. The van der Waals surface area contributed by atoms with Crippen LogP contribution in [0.25, 0.3) is 0 Å². The third-order valence-corrected chi connectivity index (χ3v) is 14.0. The first kappa shape index (κ1) is 31.9. The molecule has 0 bridgehead atoms. The van der Waals surface area contributed by atoms with Crippen LogP contribution in [0.2, 0.25) is 58.9 Å². The molecular formula is C31H61NO4Si3. The van der Waals surface area contributed by atoms with Crippen molar-refractivity contribution >= 4 is 30.7 Å². The van der Waals surface area contributed by atoms with Crippen LogP contribution in [0.15, 0.2) is 5.16 Å². The van der Waals surface area contributed by atoms with Crippen LogP contribution in [0.3, 0.4) is 0 Å². The van der Waals surface area contributed by atoms with Gasteiger partial charge >= 0.3 is 0 Å². The van der Waals surface area contributed by atoms with Crippen LogP contribution in [0.5, 0.6) is 0 Å². The maximum atomic E-state index is 7.31. The Kier molecular flexibility index (Phi) is 8.69. The molecule has 0 spiro atoms. The molecule has 4 saturated carbocycles. The van der Waals surface area contributed by atoms with Crippen LogP contribution >= 0.6 is 0 Å². The van der Waals surface area contributed by atoms with E-state index in [2.05, 4.69) is 84.9 Å². The van der Waals surface area contributed by atoms with Gasteiger partial charge in [-0.15, -0.1) is 0 Å². The molecule has 4 aliphatic carbocycles. The van der Waals surface area contributed by atoms with E-state index in [1.807, 2.05) is 0 Å². The Labute approximate surface area is 243 Å². The van der Waals surface area contributed by atoms with Gasteiger partial charge in [0, 0.05) is 17.6 Å². The standard InChI is InChI=1S/C31H61NO4Si3/c1-22(32-33-4)31(36-39(11,12)13)19-17-26-25-15-14-23-20-24(34-37(5,6)7)16-18-29(23,2)28(25)27(21-30(26,31)3)35-38(8,9)10/h23-28H,14-21H2,1-13H3/b32-22+. The van der Waals surface area contributed by atoms with Crippen molar-refractivity contribution in [1.29, 1.82) is 0 Å². The number of hydrogen-bond acceptors (Lipinski definition) is 5. The van der Waals surface area contributed by atoms with Gasteiger partial charge in [-0.05, 0) is 146 Å². The fourth-order valence-electron chi connectivity index (χ4n) is 10.0. The van der Waals surface area contributed by atoms with Crippen LogP contribution in [-0.4, -0.2) is 55.6 Å². The van der Waals surface area contributed by atoms with E-state index in [4.69, 9.17) is 18.1 Å². The van der Waals surface area contributed by atoms with E-state index in [0.29, 0.717) is 29.3 Å². The molecule has 226 valence electrons. The summed E-state index contributed by atoms with van der Waals surface area (Å²) in [7, 11) is -3.50. The Morgan fingerprint density at radius 1 is 0.795 bits per heavy atom. The topological polar surface area (TPSA) is 49.3 Å². The van der Waals surface area contributed by atoms with E-state index < -0.39 is 25.0 Å². The second-order valence-electron chi connectivity index (χ2n) is 17.0. The summed E-state index contributed by atoms with van der Waals surface area (Å²) in [4.78, 5) is 5.42. The fraction of sp³-hybridized carbons (Fsp3) is 0.968. The maximum absolute atomic E-state index is 7.31. The lowest BCUT2D eigenvalue weighted by atomic mass is 9.43. The van der Waals surface area contributed by atoms with Gasteiger partial charge in [0.25, 0.3) is 0 Å². The molecule has 4 rings (SSSR count). The molecule has 0 amide bonds. The van der Waals surface area contributed by atoms with Crippen molar-refractivity contribution in [2.45, 2.75) is 149 Å². The van der Waals surface area contributed by atoms with Gasteiger partial charge in [-0.2, -0.15) is 0 Å². The Morgan fingerprint density at radius 3 is 2.00 bits per heavy atom. The molecule has 0 N–H and O–H groups in total. The summed E-state index contributed by atoms with van der Waals surface area (Å²) in [6.07, 6.45) is 10.5. The molecule has 4 aliphatic rings. The van der Waals surface area contributed by atoms with Gasteiger partial charge in [0.2, 0.25) is 0 Å². The first-order valence-electron chi connectivity index (χ1n) is 15.9. The lowest BCUT2D eigenvalue weighted by Crippen LogP contribution is -2.65. The SMILES string of the molecule is CO/N=C(\C)C1(O[Si](C)(C)C)CCC2C3CCC4CC(O[Si](C)(C)C)CCC4(C)C3C(O[Si](C)(C)C)CC21C. The predicted molar refractivity (Wildman–Crippen MR) is 171 cm³/mol. The van der Waals surface area contributed by atoms with Crippen molar-refractivity contribution in [2.24, 2.45) is 39.7 Å². The molecule has 0 radical (unpaired) electrons. The molecule has 0 aliphatic heterocycles. The van der Waals surface area contributed by atoms with Gasteiger partial charge in [-0.1, -0.05) is 19.0 Å². The first-order valence-corrected chi connectivity index (χ1v) is 26.1. The second-order valence-corrected chi connectivity index (χ2v) is 30.4. The maximum Gasteiger partial charge on any atom is 0.185 e. The molecule has 39 heavy (non-hydrogen) atoms. The largest absolute Gasteiger partial charge is 0.415 e. The highest BCUT2D eigenvalue weighted by molar-refractivity contribution is 6.70. The van der Waals surface area contributed by atoms with E-state index in [-0.39, 0.29) is 17.1 Å². The number of fused-ring (bicyclic) bond motifs is 5. The quantitative estimate of drug-likeness (QED) is 0.160. The summed E-state index contributed by atoms with van der Waals surface area (Å²) < 4.78 is 21.3. The van der Waals surface area contributed by atoms with Gasteiger partial charge in [-0.25, -0.2) is 0 Å². The Balaban J connectivity index is 1.75. The second kappa shape index (κ2) is 10.6. The van der Waals surface area contributed by atoms with Crippen LogP contribution < -0.4 is 0 Å². The highest BCUT2D eigenvalue weighted by Crippen LogP contribution is 2.70. The molecular weight excluding hydrogens is 535 g/mol. The molecule has 5 nitrogen and oxygen atoms in total. The fourth-order valence-corrected chi connectivity index (χ4v) is 13.9. The Bertz CT molecular complexity index is 924. The van der Waals surface area contributed by atoms with E-state index in [0.717, 1.165) is 24.5 Å². The summed E-state index contributed by atoms with van der Waals surface area (Å²) in [6, 6.07) is 0. The molecule has 0 saturated heterocycles. The van der Waals surface area contributed by atoms with Gasteiger partial charge in [0.1, 0.15) is 12.7 Å². The summed E-state index contributed by atoms with van der Waals surface area (Å²) >= 11 is 0. The van der Waals surface area contributed by atoms with E-state index in [1.54, 1.807) is 7.11 Å². The van der Waals surface area contributed by atoms with Crippen LogP contribution in [-0.2, 0) is 18.1 Å². The predicted octanol–water partition coefficient (Wildman–Crippen LogP) is 8.69. The molecule has 8 heteroatoms. The first-order chi connectivity index (χ1) is 17.7. The zero-order chi connectivity index (χ0) is 29.2. The summed E-state index contributed by atoms with van der Waals surface area (Å²) in [6.45, 7) is 28.6. The number of rotatable bonds is 8. The number of nitrogens with zero attached hydrogens (tertiary/aromatic N) is 1. The third-order valence-electron chi connectivity index (χ3n) is 11.0. The van der Waals surface area contributed by atoms with Gasteiger partial charge < -0.3 is 18.1 Å². The number of hydrogen-bond donors (Lipinski definition) is 0. The average molecular weight is 596 g/mol. The minimum absolute atomic E-state index is 0.00772. The van der Waals surface area contributed by atoms with Crippen molar-refractivity contribution in [3.8, 4) is 0 Å². The third kappa shape index (κ3) is 6.08. The molecule has 0 heterocycles.